The Balaban J connectivity index is 1.69. The second-order valence-electron chi connectivity index (χ2n) is 4.27. The number of ketones is 1. The van der Waals surface area contributed by atoms with Crippen LogP contribution in [0.3, 0.4) is 0 Å². The van der Waals surface area contributed by atoms with E-state index < -0.39 is 0 Å². The molecule has 0 saturated carbocycles. The largest absolute Gasteiger partial charge is 0.482 e. The summed E-state index contributed by atoms with van der Waals surface area (Å²) in [5, 5.41) is 0. The van der Waals surface area contributed by atoms with Gasteiger partial charge in [-0.05, 0) is 39.7 Å². The maximum Gasteiger partial charge on any atom is 0.178 e. The standard InChI is InChI=1S/C14H11BrO2S/c15-14-6-5-10(18-14)8-11(16)13-7-9-3-1-2-4-12(9)17-13/h1-6,13H,7-8H2. The topological polar surface area (TPSA) is 26.3 Å². The summed E-state index contributed by atoms with van der Waals surface area (Å²) in [6, 6.07) is 11.8. The van der Waals surface area contributed by atoms with E-state index in [1.54, 1.807) is 11.3 Å². The van der Waals surface area contributed by atoms with Gasteiger partial charge in [0.05, 0.1) is 3.79 Å². The number of thiophene rings is 1. The van der Waals surface area contributed by atoms with E-state index in [0.717, 1.165) is 20.0 Å². The molecule has 0 saturated heterocycles. The number of hydrogen-bond donors (Lipinski definition) is 0. The first-order chi connectivity index (χ1) is 8.72. The Labute approximate surface area is 118 Å². The van der Waals surface area contributed by atoms with E-state index in [4.69, 9.17) is 4.74 Å². The van der Waals surface area contributed by atoms with Gasteiger partial charge in [0.2, 0.25) is 0 Å². The van der Waals surface area contributed by atoms with Crippen molar-refractivity contribution in [2.45, 2.75) is 18.9 Å². The van der Waals surface area contributed by atoms with Gasteiger partial charge in [-0.25, -0.2) is 0 Å². The van der Waals surface area contributed by atoms with Crippen LogP contribution in [0.1, 0.15) is 10.4 Å². The molecule has 1 aliphatic rings. The highest BCUT2D eigenvalue weighted by molar-refractivity contribution is 9.11. The van der Waals surface area contributed by atoms with Crippen LogP contribution in [0.15, 0.2) is 40.2 Å². The van der Waals surface area contributed by atoms with Crippen molar-refractivity contribution in [3.8, 4) is 5.75 Å². The van der Waals surface area contributed by atoms with Gasteiger partial charge in [-0.1, -0.05) is 18.2 Å². The first-order valence-corrected chi connectivity index (χ1v) is 7.35. The third kappa shape index (κ3) is 2.35. The van der Waals surface area contributed by atoms with Crippen molar-refractivity contribution in [2.75, 3.05) is 0 Å². The van der Waals surface area contributed by atoms with Gasteiger partial charge in [0.1, 0.15) is 5.75 Å². The molecule has 0 aliphatic carbocycles. The molecule has 1 atom stereocenters. The highest BCUT2D eigenvalue weighted by atomic mass is 79.9. The Morgan fingerprint density at radius 2 is 2.17 bits per heavy atom. The van der Waals surface area contributed by atoms with Crippen molar-refractivity contribution >= 4 is 33.0 Å². The molecule has 3 rings (SSSR count). The molecule has 1 unspecified atom stereocenters. The number of carbonyl (C=O) groups excluding carboxylic acids is 1. The van der Waals surface area contributed by atoms with Crippen LogP contribution in [-0.2, 0) is 17.6 Å². The van der Waals surface area contributed by atoms with E-state index in [1.807, 2.05) is 36.4 Å². The van der Waals surface area contributed by atoms with Gasteiger partial charge in [0.25, 0.3) is 0 Å². The van der Waals surface area contributed by atoms with Gasteiger partial charge >= 0.3 is 0 Å². The maximum absolute atomic E-state index is 12.2. The van der Waals surface area contributed by atoms with Crippen molar-refractivity contribution in [2.24, 2.45) is 0 Å². The normalized spacial score (nSPS) is 17.3. The van der Waals surface area contributed by atoms with Crippen LogP contribution in [0.5, 0.6) is 5.75 Å². The number of ether oxygens (including phenoxy) is 1. The molecule has 0 amide bonds. The van der Waals surface area contributed by atoms with E-state index in [-0.39, 0.29) is 11.9 Å². The molecular weight excluding hydrogens is 312 g/mol. The molecule has 1 aromatic heterocycles. The molecule has 2 heterocycles. The monoisotopic (exact) mass is 322 g/mol. The second kappa shape index (κ2) is 4.86. The van der Waals surface area contributed by atoms with Gasteiger partial charge in [0.15, 0.2) is 11.9 Å². The summed E-state index contributed by atoms with van der Waals surface area (Å²) in [6.07, 6.45) is 0.833. The predicted molar refractivity (Wildman–Crippen MR) is 75.3 cm³/mol. The number of para-hydroxylation sites is 1. The molecule has 0 spiro atoms. The van der Waals surface area contributed by atoms with Gasteiger partial charge in [-0.15, -0.1) is 11.3 Å². The number of Topliss-reactive ketones (excluding diaryl/α,β-unsaturated/α-hetero) is 1. The van der Waals surface area contributed by atoms with Crippen molar-refractivity contribution in [1.82, 2.24) is 0 Å². The Bertz CT molecular complexity index is 566. The minimum atomic E-state index is -0.316. The molecule has 18 heavy (non-hydrogen) atoms. The second-order valence-corrected chi connectivity index (χ2v) is 6.81. The van der Waals surface area contributed by atoms with E-state index in [2.05, 4.69) is 15.9 Å². The number of benzene rings is 1. The lowest BCUT2D eigenvalue weighted by Crippen LogP contribution is -2.26. The third-order valence-corrected chi connectivity index (χ3v) is 4.61. The summed E-state index contributed by atoms with van der Waals surface area (Å²) >= 11 is 5.00. The zero-order valence-electron chi connectivity index (χ0n) is 9.56. The fraction of sp³-hybridized carbons (Fsp3) is 0.214. The predicted octanol–water partition coefficient (Wildman–Crippen LogP) is 3.63. The quantitative estimate of drug-likeness (QED) is 0.862. The highest BCUT2D eigenvalue weighted by Crippen LogP contribution is 2.30. The number of fused-ring (bicyclic) bond motifs is 1. The van der Waals surface area contributed by atoms with E-state index >= 15 is 0 Å². The van der Waals surface area contributed by atoms with Crippen LogP contribution in [0.25, 0.3) is 0 Å². The number of rotatable bonds is 3. The van der Waals surface area contributed by atoms with Gasteiger partial charge in [-0.2, -0.15) is 0 Å². The van der Waals surface area contributed by atoms with Crippen LogP contribution in [0.2, 0.25) is 0 Å². The Hall–Kier alpha value is -1.13. The van der Waals surface area contributed by atoms with Gasteiger partial charge in [-0.3, -0.25) is 4.79 Å². The SMILES string of the molecule is O=C(Cc1ccc(Br)s1)C1Cc2ccccc2O1. The minimum Gasteiger partial charge on any atom is -0.482 e. The summed E-state index contributed by atoms with van der Waals surface area (Å²) < 4.78 is 6.75. The lowest BCUT2D eigenvalue weighted by atomic mass is 10.1. The van der Waals surface area contributed by atoms with Crippen LogP contribution < -0.4 is 4.74 Å². The summed E-state index contributed by atoms with van der Waals surface area (Å²) in [7, 11) is 0. The average Bonchev–Trinajstić information content (AvgIpc) is 2.95. The number of hydrogen-bond acceptors (Lipinski definition) is 3. The Kier molecular flexibility index (Phi) is 3.22. The van der Waals surface area contributed by atoms with Crippen molar-refractivity contribution in [3.05, 3.63) is 50.6 Å². The maximum atomic E-state index is 12.2. The van der Waals surface area contributed by atoms with Crippen LogP contribution >= 0.6 is 27.3 Å². The Morgan fingerprint density at radius 1 is 1.33 bits per heavy atom. The molecule has 2 aromatic rings. The summed E-state index contributed by atoms with van der Waals surface area (Å²) in [5.74, 6) is 1.00. The zero-order valence-corrected chi connectivity index (χ0v) is 12.0. The van der Waals surface area contributed by atoms with Gasteiger partial charge in [0, 0.05) is 17.7 Å². The van der Waals surface area contributed by atoms with Crippen LogP contribution in [0, 0.1) is 0 Å². The summed E-state index contributed by atoms with van der Waals surface area (Å²) in [4.78, 5) is 13.2. The first kappa shape index (κ1) is 11.9. The van der Waals surface area contributed by atoms with Gasteiger partial charge < -0.3 is 4.74 Å². The van der Waals surface area contributed by atoms with E-state index in [1.165, 1.54) is 0 Å². The molecule has 1 aromatic carbocycles. The average molecular weight is 323 g/mol. The zero-order chi connectivity index (χ0) is 12.5. The minimum absolute atomic E-state index is 0.153. The smallest absolute Gasteiger partial charge is 0.178 e. The van der Waals surface area contributed by atoms with E-state index in [0.29, 0.717) is 12.8 Å². The summed E-state index contributed by atoms with van der Waals surface area (Å²) in [5.41, 5.74) is 1.13. The van der Waals surface area contributed by atoms with Crippen molar-refractivity contribution in [3.63, 3.8) is 0 Å². The number of carbonyl (C=O) groups is 1. The van der Waals surface area contributed by atoms with Crippen LogP contribution in [0.4, 0.5) is 0 Å². The van der Waals surface area contributed by atoms with E-state index in [9.17, 15) is 4.79 Å². The third-order valence-electron chi connectivity index (χ3n) is 2.98. The molecule has 1 aliphatic heterocycles. The first-order valence-electron chi connectivity index (χ1n) is 5.74. The lowest BCUT2D eigenvalue weighted by Gasteiger charge is -2.08. The molecule has 0 radical (unpaired) electrons. The fourth-order valence-electron chi connectivity index (χ4n) is 2.09. The van der Waals surface area contributed by atoms with Crippen LogP contribution in [-0.4, -0.2) is 11.9 Å². The molecule has 2 nitrogen and oxygen atoms in total. The Morgan fingerprint density at radius 3 is 2.89 bits per heavy atom. The lowest BCUT2D eigenvalue weighted by molar-refractivity contribution is -0.124. The van der Waals surface area contributed by atoms with Crippen molar-refractivity contribution in [1.29, 1.82) is 0 Å². The van der Waals surface area contributed by atoms with Crippen molar-refractivity contribution < 1.29 is 9.53 Å². The molecule has 0 bridgehead atoms. The highest BCUT2D eigenvalue weighted by Gasteiger charge is 2.28. The molecule has 92 valence electrons. The molecule has 0 fully saturated rings. The molecule has 0 N–H and O–H groups in total. The number of halogens is 1. The molecule has 4 heteroatoms. The molecular formula is C14H11BrO2S. The summed E-state index contributed by atoms with van der Waals surface area (Å²) in [6.45, 7) is 0. The fourth-order valence-corrected chi connectivity index (χ4v) is 3.59.